The minimum absolute atomic E-state index is 0.0341. The molecule has 0 fully saturated rings. The maximum absolute atomic E-state index is 12.0. The Balaban J connectivity index is 1.86. The van der Waals surface area contributed by atoms with Gasteiger partial charge in [0.25, 0.3) is 0 Å². The van der Waals surface area contributed by atoms with Crippen LogP contribution in [0.2, 0.25) is 0 Å². The molecule has 0 radical (unpaired) electrons. The fourth-order valence-electron chi connectivity index (χ4n) is 1.66. The molecule has 21 heavy (non-hydrogen) atoms. The summed E-state index contributed by atoms with van der Waals surface area (Å²) in [7, 11) is 0. The lowest BCUT2D eigenvalue weighted by Gasteiger charge is -2.10. The first-order chi connectivity index (χ1) is 10.0. The Morgan fingerprint density at radius 1 is 0.952 bits per heavy atom. The second-order valence-electron chi connectivity index (χ2n) is 4.16. The number of para-hydroxylation sites is 1. The van der Waals surface area contributed by atoms with Crippen LogP contribution in [0.15, 0.2) is 54.6 Å². The molecule has 0 saturated heterocycles. The Kier molecular flexibility index (Phi) is 5.38. The van der Waals surface area contributed by atoms with Gasteiger partial charge in [0, 0.05) is 24.1 Å². The van der Waals surface area contributed by atoms with Gasteiger partial charge in [-0.2, -0.15) is 13.2 Å². The van der Waals surface area contributed by atoms with E-state index in [2.05, 4.69) is 5.32 Å². The van der Waals surface area contributed by atoms with E-state index in [9.17, 15) is 13.2 Å². The van der Waals surface area contributed by atoms with E-state index in [1.807, 2.05) is 30.3 Å². The molecule has 2 aromatic rings. The number of alkyl halides is 3. The number of nitrogens with one attached hydrogen (secondary N) is 1. The summed E-state index contributed by atoms with van der Waals surface area (Å²) in [4.78, 5) is 0. The van der Waals surface area contributed by atoms with E-state index in [0.29, 0.717) is 11.5 Å². The van der Waals surface area contributed by atoms with E-state index in [0.717, 1.165) is 5.69 Å². The van der Waals surface area contributed by atoms with Crippen LogP contribution in [0, 0.1) is 0 Å². The molecule has 0 aliphatic rings. The van der Waals surface area contributed by atoms with Gasteiger partial charge < -0.3 is 10.1 Å². The van der Waals surface area contributed by atoms with Gasteiger partial charge in [-0.05, 0) is 36.0 Å². The summed E-state index contributed by atoms with van der Waals surface area (Å²) in [5.41, 5.74) is -3.45. The van der Waals surface area contributed by atoms with Gasteiger partial charge in [-0.15, -0.1) is 0 Å². The van der Waals surface area contributed by atoms with E-state index in [1.54, 1.807) is 24.3 Å². The van der Waals surface area contributed by atoms with Crippen LogP contribution in [0.5, 0.6) is 11.5 Å². The third-order valence-electron chi connectivity index (χ3n) is 2.51. The number of hydrogen-bond donors (Lipinski definition) is 1. The normalized spacial score (nSPS) is 11.2. The monoisotopic (exact) mass is 313 g/mol. The zero-order valence-electron chi connectivity index (χ0n) is 11.1. The Morgan fingerprint density at radius 3 is 2.38 bits per heavy atom. The highest BCUT2D eigenvalue weighted by Crippen LogP contribution is 2.30. The fourth-order valence-corrected chi connectivity index (χ4v) is 2.09. The molecule has 0 saturated carbocycles. The molecule has 112 valence electrons. The molecule has 2 nitrogen and oxygen atoms in total. The second kappa shape index (κ2) is 7.26. The van der Waals surface area contributed by atoms with Crippen molar-refractivity contribution in [2.75, 3.05) is 17.6 Å². The summed E-state index contributed by atoms with van der Waals surface area (Å²) in [5.74, 6) is 1.31. The van der Waals surface area contributed by atoms with Crippen LogP contribution in [0.4, 0.5) is 18.9 Å². The Hall–Kier alpha value is -1.82. The van der Waals surface area contributed by atoms with Crippen LogP contribution < -0.4 is 10.1 Å². The predicted molar refractivity (Wildman–Crippen MR) is 80.0 cm³/mol. The summed E-state index contributed by atoms with van der Waals surface area (Å²) in [6, 6.07) is 16.4. The summed E-state index contributed by atoms with van der Waals surface area (Å²) in [6.07, 6.45) is 0. The van der Waals surface area contributed by atoms with Crippen molar-refractivity contribution in [1.29, 1.82) is 0 Å². The smallest absolute Gasteiger partial charge is 0.441 e. The third kappa shape index (κ3) is 5.99. The fraction of sp³-hybridized carbons (Fsp3) is 0.200. The molecular weight excluding hydrogens is 299 g/mol. The Bertz CT molecular complexity index is 560. The molecule has 1 N–H and O–H groups in total. The quantitative estimate of drug-likeness (QED) is 0.746. The first kappa shape index (κ1) is 15.6. The highest BCUT2D eigenvalue weighted by molar-refractivity contribution is 8.00. The minimum atomic E-state index is -4.18. The van der Waals surface area contributed by atoms with Gasteiger partial charge in [0.1, 0.15) is 11.5 Å². The Labute approximate surface area is 125 Å². The molecule has 0 atom stereocenters. The zero-order valence-corrected chi connectivity index (χ0v) is 11.9. The average molecular weight is 313 g/mol. The van der Waals surface area contributed by atoms with E-state index in [1.165, 1.54) is 0 Å². The largest absolute Gasteiger partial charge is 0.457 e. The highest BCUT2D eigenvalue weighted by atomic mass is 32.2. The van der Waals surface area contributed by atoms with E-state index < -0.39 is 5.51 Å². The first-order valence-electron chi connectivity index (χ1n) is 6.30. The number of benzene rings is 2. The van der Waals surface area contributed by atoms with Gasteiger partial charge in [-0.1, -0.05) is 24.3 Å². The third-order valence-corrected chi connectivity index (χ3v) is 3.25. The topological polar surface area (TPSA) is 21.3 Å². The van der Waals surface area contributed by atoms with Crippen LogP contribution in [-0.4, -0.2) is 17.8 Å². The van der Waals surface area contributed by atoms with E-state index >= 15 is 0 Å². The van der Waals surface area contributed by atoms with Gasteiger partial charge in [-0.25, -0.2) is 0 Å². The van der Waals surface area contributed by atoms with Crippen LogP contribution in [0.25, 0.3) is 0 Å². The van der Waals surface area contributed by atoms with Crippen molar-refractivity contribution in [3.8, 4) is 11.5 Å². The van der Waals surface area contributed by atoms with Gasteiger partial charge in [0.05, 0.1) is 0 Å². The minimum Gasteiger partial charge on any atom is -0.457 e. The van der Waals surface area contributed by atoms with E-state index in [-0.39, 0.29) is 24.1 Å². The molecule has 0 heterocycles. The molecule has 0 spiro atoms. The molecule has 0 amide bonds. The number of anilines is 1. The second-order valence-corrected chi connectivity index (χ2v) is 5.32. The summed E-state index contributed by atoms with van der Waals surface area (Å²) >= 11 is -0.0341. The first-order valence-corrected chi connectivity index (χ1v) is 7.29. The number of rotatable bonds is 6. The van der Waals surface area contributed by atoms with Crippen molar-refractivity contribution >= 4 is 17.4 Å². The summed E-state index contributed by atoms with van der Waals surface area (Å²) in [5, 5.41) is 2.94. The lowest BCUT2D eigenvalue weighted by atomic mass is 10.3. The predicted octanol–water partition coefficient (Wildman–Crippen LogP) is 5.14. The summed E-state index contributed by atoms with van der Waals surface area (Å²) < 4.78 is 41.7. The van der Waals surface area contributed by atoms with Crippen molar-refractivity contribution in [3.63, 3.8) is 0 Å². The van der Waals surface area contributed by atoms with Crippen LogP contribution in [0.1, 0.15) is 0 Å². The zero-order chi connectivity index (χ0) is 15.1. The molecule has 0 aromatic heterocycles. The SMILES string of the molecule is FC(F)(F)SCCNc1cccc(Oc2ccccc2)c1. The number of thioether (sulfide) groups is 1. The van der Waals surface area contributed by atoms with Crippen molar-refractivity contribution in [1.82, 2.24) is 0 Å². The van der Waals surface area contributed by atoms with Gasteiger partial charge >= 0.3 is 5.51 Å². The van der Waals surface area contributed by atoms with Crippen molar-refractivity contribution in [2.24, 2.45) is 0 Å². The van der Waals surface area contributed by atoms with Crippen LogP contribution >= 0.6 is 11.8 Å². The lowest BCUT2D eigenvalue weighted by Crippen LogP contribution is -2.09. The Morgan fingerprint density at radius 2 is 1.67 bits per heavy atom. The van der Waals surface area contributed by atoms with Gasteiger partial charge in [0.15, 0.2) is 0 Å². The molecular formula is C15H14F3NOS. The van der Waals surface area contributed by atoms with Crippen LogP contribution in [0.3, 0.4) is 0 Å². The van der Waals surface area contributed by atoms with Gasteiger partial charge in [-0.3, -0.25) is 0 Å². The van der Waals surface area contributed by atoms with Crippen molar-refractivity contribution in [2.45, 2.75) is 5.51 Å². The van der Waals surface area contributed by atoms with Gasteiger partial charge in [0.2, 0.25) is 0 Å². The molecule has 6 heteroatoms. The maximum Gasteiger partial charge on any atom is 0.441 e. The van der Waals surface area contributed by atoms with E-state index in [4.69, 9.17) is 4.74 Å². The number of ether oxygens (including phenoxy) is 1. The molecule has 0 bridgehead atoms. The summed E-state index contributed by atoms with van der Waals surface area (Å²) in [6.45, 7) is 0.235. The number of hydrogen-bond acceptors (Lipinski definition) is 3. The highest BCUT2D eigenvalue weighted by Gasteiger charge is 2.27. The standard InChI is InChI=1S/C15H14F3NOS/c16-15(17,18)21-10-9-19-12-5-4-8-14(11-12)20-13-6-2-1-3-7-13/h1-8,11,19H,9-10H2. The molecule has 2 rings (SSSR count). The molecule has 0 aliphatic heterocycles. The average Bonchev–Trinajstić information content (AvgIpc) is 2.44. The van der Waals surface area contributed by atoms with Crippen molar-refractivity contribution < 1.29 is 17.9 Å². The van der Waals surface area contributed by atoms with Crippen LogP contribution in [-0.2, 0) is 0 Å². The maximum atomic E-state index is 12.0. The molecule has 0 aliphatic carbocycles. The lowest BCUT2D eigenvalue weighted by molar-refractivity contribution is -0.0327. The molecule has 0 unspecified atom stereocenters. The molecule has 2 aromatic carbocycles. The van der Waals surface area contributed by atoms with Crippen molar-refractivity contribution in [3.05, 3.63) is 54.6 Å². The number of halogens is 3.